The van der Waals surface area contributed by atoms with Crippen LogP contribution in [0, 0.1) is 0 Å². The van der Waals surface area contributed by atoms with Gasteiger partial charge < -0.3 is 148 Å². The third-order valence-electron chi connectivity index (χ3n) is 16.5. The number of rotatable bonds is 20. The maximum absolute atomic E-state index is 15.3. The molecule has 25 unspecified atom stereocenters. The summed E-state index contributed by atoms with van der Waals surface area (Å²) in [4.78, 5) is 41.3. The van der Waals surface area contributed by atoms with Crippen LogP contribution in [0.15, 0.2) is 106 Å². The quantitative estimate of drug-likeness (QED) is 0.0268. The number of carbonyl (C=O) groups excluding carboxylic acids is 2. The van der Waals surface area contributed by atoms with Crippen LogP contribution in [0.2, 0.25) is 0 Å². The Morgan fingerprint density at radius 1 is 0.458 bits per heavy atom. The Morgan fingerprint density at radius 3 is 1.39 bits per heavy atom. The van der Waals surface area contributed by atoms with Crippen molar-refractivity contribution in [2.45, 2.75) is 167 Å². The summed E-state index contributed by atoms with van der Waals surface area (Å²) in [7, 11) is 0. The summed E-state index contributed by atoms with van der Waals surface area (Å²) < 4.78 is 78.2. The fraction of sp³-hybridized carbons (Fsp3) is 0.476. The molecule has 0 saturated carbocycles. The summed E-state index contributed by atoms with van der Waals surface area (Å²) in [6, 6.07) is 18.1. The minimum atomic E-state index is -2.34. The van der Waals surface area contributed by atoms with Gasteiger partial charge in [-0.1, -0.05) is 24.3 Å². The Labute approximate surface area is 542 Å². The molecule has 17 N–H and O–H groups in total. The van der Waals surface area contributed by atoms with E-state index in [0.29, 0.717) is 11.1 Å². The second-order valence-electron chi connectivity index (χ2n) is 23.2. The van der Waals surface area contributed by atoms with Crippen molar-refractivity contribution >= 4 is 35.1 Å². The highest BCUT2D eigenvalue weighted by Crippen LogP contribution is 2.42. The molecule has 5 fully saturated rings. The Balaban J connectivity index is 1.05. The summed E-state index contributed by atoms with van der Waals surface area (Å²) in [5.74, 6) is -5.05. The van der Waals surface area contributed by atoms with E-state index >= 15 is 4.79 Å². The molecule has 4 aromatic carbocycles. The number of aromatic hydroxyl groups is 4. The zero-order chi connectivity index (χ0) is 69.1. The van der Waals surface area contributed by atoms with E-state index in [-0.39, 0.29) is 28.6 Å². The Bertz CT molecular complexity index is 3570. The number of fused-ring (bicyclic) bond motifs is 1. The van der Waals surface area contributed by atoms with Crippen LogP contribution >= 0.6 is 0 Å². The number of esters is 2. The molecule has 522 valence electrons. The van der Waals surface area contributed by atoms with Gasteiger partial charge in [-0.25, -0.2) is 9.59 Å². The first-order valence-corrected chi connectivity index (χ1v) is 30.0. The first kappa shape index (κ1) is 71.2. The van der Waals surface area contributed by atoms with Gasteiger partial charge in [0, 0.05) is 29.8 Å². The Hall–Kier alpha value is -7.53. The molecular weight excluding hydrogens is 1280 g/mol. The highest BCUT2D eigenvalue weighted by atomic mass is 16.8. The lowest BCUT2D eigenvalue weighted by Crippen LogP contribution is -2.68. The fourth-order valence-corrected chi connectivity index (χ4v) is 11.1. The van der Waals surface area contributed by atoms with E-state index in [9.17, 15) is 96.4 Å². The van der Waals surface area contributed by atoms with Crippen LogP contribution in [-0.2, 0) is 57.0 Å². The third-order valence-corrected chi connectivity index (χ3v) is 16.5. The van der Waals surface area contributed by atoms with Crippen molar-refractivity contribution in [1.82, 2.24) is 0 Å². The largest absolute Gasteiger partial charge is 0.508 e. The molecule has 0 radical (unpaired) electrons. The van der Waals surface area contributed by atoms with E-state index in [1.807, 2.05) is 0 Å². The topological polar surface area (TPSA) is 519 Å². The van der Waals surface area contributed by atoms with Gasteiger partial charge in [0.05, 0.1) is 18.8 Å². The molecule has 5 aromatic rings. The van der Waals surface area contributed by atoms with Gasteiger partial charge in [0.2, 0.25) is 23.8 Å². The van der Waals surface area contributed by atoms with Gasteiger partial charge in [-0.15, -0.1) is 0 Å². The van der Waals surface area contributed by atoms with Crippen LogP contribution in [0.1, 0.15) is 25.0 Å². The molecule has 0 bridgehead atoms. The number of hydrogen-bond donors (Lipinski definition) is 17. The summed E-state index contributed by atoms with van der Waals surface area (Å²) in [5, 5.41) is 185. The number of carbonyl (C=O) groups is 2. The summed E-state index contributed by atoms with van der Waals surface area (Å²) in [5.41, 5.74) is -0.834. The smallest absolute Gasteiger partial charge is 0.330 e. The molecular formula is C63H72O33. The van der Waals surface area contributed by atoms with Crippen molar-refractivity contribution in [2.75, 3.05) is 19.8 Å². The van der Waals surface area contributed by atoms with Gasteiger partial charge in [0.25, 0.3) is 0 Å². The second kappa shape index (κ2) is 30.5. The molecule has 5 aliphatic rings. The van der Waals surface area contributed by atoms with Crippen LogP contribution in [0.25, 0.3) is 34.4 Å². The average Bonchev–Trinajstić information content (AvgIpc) is 0.756. The number of hydrogen-bond acceptors (Lipinski definition) is 33. The molecule has 5 saturated heterocycles. The summed E-state index contributed by atoms with van der Waals surface area (Å²) >= 11 is 0. The lowest BCUT2D eigenvalue weighted by molar-refractivity contribution is -0.400. The summed E-state index contributed by atoms with van der Waals surface area (Å²) in [6.07, 6.45) is -45.0. The van der Waals surface area contributed by atoms with E-state index in [4.69, 9.17) is 61.3 Å². The van der Waals surface area contributed by atoms with Crippen molar-refractivity contribution in [3.8, 4) is 45.8 Å². The highest BCUT2D eigenvalue weighted by molar-refractivity contribution is 5.89. The maximum atomic E-state index is 15.3. The molecule has 0 aliphatic carbocycles. The Kier molecular flexibility index (Phi) is 22.6. The van der Waals surface area contributed by atoms with Gasteiger partial charge >= 0.3 is 11.9 Å². The van der Waals surface area contributed by atoms with Crippen molar-refractivity contribution < 1.29 is 158 Å². The van der Waals surface area contributed by atoms with Crippen molar-refractivity contribution in [2.24, 2.45) is 0 Å². The van der Waals surface area contributed by atoms with Crippen molar-refractivity contribution in [3.05, 3.63) is 118 Å². The second-order valence-corrected chi connectivity index (χ2v) is 23.2. The average molecular weight is 1360 g/mol. The lowest BCUT2D eigenvalue weighted by Gasteiger charge is -2.50. The Morgan fingerprint density at radius 2 is 0.885 bits per heavy atom. The van der Waals surface area contributed by atoms with Crippen LogP contribution in [0.3, 0.4) is 0 Å². The predicted octanol–water partition coefficient (Wildman–Crippen LogP) is -3.30. The van der Waals surface area contributed by atoms with E-state index in [2.05, 4.69) is 0 Å². The van der Waals surface area contributed by atoms with Crippen LogP contribution < -0.4 is 14.9 Å². The fourth-order valence-electron chi connectivity index (χ4n) is 11.1. The number of phenols is 4. The highest BCUT2D eigenvalue weighted by Gasteiger charge is 2.58. The molecule has 0 spiro atoms. The molecule has 5 aliphatic heterocycles. The van der Waals surface area contributed by atoms with Crippen LogP contribution in [0.5, 0.6) is 34.5 Å². The normalized spacial score (nSPS) is 35.8. The first-order chi connectivity index (χ1) is 45.7. The minimum absolute atomic E-state index is 0.0495. The lowest BCUT2D eigenvalue weighted by atomic mass is 9.95. The summed E-state index contributed by atoms with van der Waals surface area (Å²) in [6.45, 7) is -0.0955. The zero-order valence-electron chi connectivity index (χ0n) is 50.6. The first-order valence-electron chi connectivity index (χ1n) is 30.0. The van der Waals surface area contributed by atoms with E-state index in [0.717, 1.165) is 24.3 Å². The third kappa shape index (κ3) is 15.7. The minimum Gasteiger partial charge on any atom is -0.508 e. The molecule has 25 atom stereocenters. The van der Waals surface area contributed by atoms with Crippen LogP contribution in [0.4, 0.5) is 0 Å². The van der Waals surface area contributed by atoms with Crippen molar-refractivity contribution in [3.63, 3.8) is 0 Å². The molecule has 1 aromatic heterocycles. The SMILES string of the molecule is CC1OC(Oc2cc(O)c3c(=O)c(OC4OC(C)C(OC5OC(COC(=O)C=Cc6ccc(O)cc6)C(O)C(O)C5O)C(OC5OC(CO)C(O)C(O)C5O)C4OC4OC(COC(=O)C=Cc5ccc(O)cc5)C(O)C(O)C4O)c(-c4ccc(O)cc4)oc3c2)C(O)C(O)C1O. The molecule has 33 nitrogen and oxygen atoms in total. The van der Waals surface area contributed by atoms with Gasteiger partial charge in [-0.2, -0.15) is 0 Å². The van der Waals surface area contributed by atoms with Gasteiger partial charge in [0.1, 0.15) is 157 Å². The monoisotopic (exact) mass is 1360 g/mol. The molecule has 6 heterocycles. The molecule has 0 amide bonds. The zero-order valence-corrected chi connectivity index (χ0v) is 50.6. The van der Waals surface area contributed by atoms with Gasteiger partial charge in [-0.05, 0) is 85.7 Å². The standard InChI is InChI=1S/C63H72O33/c1-24-41(71)46(76)50(80)59(86-24)88-32-19-33(68)40-34(20-32)89-55(28-9-15-31(67)16-10-28)56(45(40)75)94-63-58(96-62-53(83)49(79)44(74)37(92-62)23-85-39(70)18-8-27-5-13-30(66)14-6-27)57(95-60-51(81)47(77)42(72)35(21-64)90-60)54(25(2)87-63)93-61-52(82)48(78)43(73)36(91-61)22-84-38(69)17-7-26-3-11-29(65)12-4-26/h3-20,24-25,35-37,41-44,46-54,57-68,71-74,76-83H,21-23H2,1-2H3. The van der Waals surface area contributed by atoms with Gasteiger partial charge in [-0.3, -0.25) is 4.79 Å². The molecule has 96 heavy (non-hydrogen) atoms. The molecule has 33 heteroatoms. The van der Waals surface area contributed by atoms with Crippen molar-refractivity contribution in [1.29, 1.82) is 0 Å². The number of aliphatic hydroxyl groups excluding tert-OH is 13. The number of ether oxygens (including phenoxy) is 12. The predicted molar refractivity (Wildman–Crippen MR) is 317 cm³/mol. The van der Waals surface area contributed by atoms with E-state index in [1.165, 1.54) is 98.8 Å². The molecule has 10 rings (SSSR count). The number of phenolic OH excluding ortho intramolecular Hbond substituents is 4. The number of aliphatic hydroxyl groups is 13. The van der Waals surface area contributed by atoms with E-state index in [1.54, 1.807) is 0 Å². The van der Waals surface area contributed by atoms with E-state index < -0.39 is 219 Å². The van der Waals surface area contributed by atoms with Crippen LogP contribution in [-0.4, -0.2) is 272 Å². The van der Waals surface area contributed by atoms with Gasteiger partial charge in [0.15, 0.2) is 30.7 Å². The number of benzene rings is 4. The maximum Gasteiger partial charge on any atom is 0.330 e.